The van der Waals surface area contributed by atoms with Gasteiger partial charge in [0.05, 0.1) is 24.3 Å². The van der Waals surface area contributed by atoms with Gasteiger partial charge in [-0.1, -0.05) is 12.1 Å². The van der Waals surface area contributed by atoms with Gasteiger partial charge in [-0.15, -0.1) is 0 Å². The van der Waals surface area contributed by atoms with E-state index in [0.717, 1.165) is 43.2 Å². The Labute approximate surface area is 238 Å². The van der Waals surface area contributed by atoms with Crippen molar-refractivity contribution in [2.75, 3.05) is 37.7 Å². The average Bonchev–Trinajstić information content (AvgIpc) is 3.28. The van der Waals surface area contributed by atoms with Crippen molar-refractivity contribution in [3.05, 3.63) is 77.4 Å². The zero-order valence-corrected chi connectivity index (χ0v) is 23.3. The molecule has 3 aromatic carbocycles. The Bertz CT molecular complexity index is 1410. The highest BCUT2D eigenvalue weighted by molar-refractivity contribution is 5.97. The van der Waals surface area contributed by atoms with E-state index in [1.807, 2.05) is 26.0 Å². The monoisotopic (exact) mass is 564 g/mol. The van der Waals surface area contributed by atoms with Crippen LogP contribution in [-0.4, -0.2) is 54.7 Å². The van der Waals surface area contributed by atoms with Crippen LogP contribution in [0, 0.1) is 17.0 Å². The SMILES string of the molecule is CCOc1cc(CN2CCC3(CC2)CC(=O)N(c2ccc(C(=O)O)cc2)C3)cc(OCC)c1-c1cccc(F)c1F. The number of nitrogens with zero attached hydrogens (tertiary/aromatic N) is 2. The highest BCUT2D eigenvalue weighted by Crippen LogP contribution is 2.44. The molecule has 0 atom stereocenters. The van der Waals surface area contributed by atoms with Gasteiger partial charge in [0, 0.05) is 30.8 Å². The van der Waals surface area contributed by atoms with Crippen LogP contribution < -0.4 is 14.4 Å². The Morgan fingerprint density at radius 2 is 1.61 bits per heavy atom. The molecule has 0 unspecified atom stereocenters. The van der Waals surface area contributed by atoms with Crippen LogP contribution in [0.4, 0.5) is 14.5 Å². The van der Waals surface area contributed by atoms with E-state index in [2.05, 4.69) is 4.90 Å². The summed E-state index contributed by atoms with van der Waals surface area (Å²) in [6, 6.07) is 14.3. The van der Waals surface area contributed by atoms with Gasteiger partial charge in [-0.2, -0.15) is 0 Å². The van der Waals surface area contributed by atoms with Crippen molar-refractivity contribution in [1.29, 1.82) is 0 Å². The van der Waals surface area contributed by atoms with Gasteiger partial charge >= 0.3 is 5.97 Å². The van der Waals surface area contributed by atoms with Crippen molar-refractivity contribution in [2.24, 2.45) is 5.41 Å². The van der Waals surface area contributed by atoms with Crippen LogP contribution in [0.2, 0.25) is 0 Å². The zero-order chi connectivity index (χ0) is 29.1. The van der Waals surface area contributed by atoms with E-state index in [-0.39, 0.29) is 22.4 Å². The number of aromatic carboxylic acids is 1. The quantitative estimate of drug-likeness (QED) is 0.336. The number of halogens is 2. The van der Waals surface area contributed by atoms with Crippen molar-refractivity contribution >= 4 is 17.6 Å². The number of benzene rings is 3. The Balaban J connectivity index is 1.31. The smallest absolute Gasteiger partial charge is 0.335 e. The highest BCUT2D eigenvalue weighted by Gasteiger charge is 2.45. The molecule has 0 bridgehead atoms. The number of amides is 1. The molecule has 2 saturated heterocycles. The summed E-state index contributed by atoms with van der Waals surface area (Å²) in [6.07, 6.45) is 2.18. The Morgan fingerprint density at radius 3 is 2.20 bits per heavy atom. The first-order valence-electron chi connectivity index (χ1n) is 14.0. The number of anilines is 1. The third-order valence-electron chi connectivity index (χ3n) is 8.02. The number of carbonyl (C=O) groups is 2. The molecule has 5 rings (SSSR count). The van der Waals surface area contributed by atoms with E-state index in [0.29, 0.717) is 49.8 Å². The van der Waals surface area contributed by atoms with Gasteiger partial charge in [0.25, 0.3) is 0 Å². The molecule has 1 amide bonds. The summed E-state index contributed by atoms with van der Waals surface area (Å²) in [4.78, 5) is 28.2. The molecule has 2 fully saturated rings. The van der Waals surface area contributed by atoms with Gasteiger partial charge < -0.3 is 19.5 Å². The number of likely N-dealkylation sites (tertiary alicyclic amines) is 1. The lowest BCUT2D eigenvalue weighted by atomic mass is 9.77. The first-order chi connectivity index (χ1) is 19.7. The third-order valence-corrected chi connectivity index (χ3v) is 8.02. The summed E-state index contributed by atoms with van der Waals surface area (Å²) in [7, 11) is 0. The van der Waals surface area contributed by atoms with Crippen LogP contribution in [0.3, 0.4) is 0 Å². The maximum atomic E-state index is 14.8. The van der Waals surface area contributed by atoms with E-state index in [4.69, 9.17) is 14.6 Å². The maximum absolute atomic E-state index is 14.8. The van der Waals surface area contributed by atoms with Crippen LogP contribution >= 0.6 is 0 Å². The summed E-state index contributed by atoms with van der Waals surface area (Å²) in [5.41, 5.74) is 2.23. The molecule has 0 aromatic heterocycles. The van der Waals surface area contributed by atoms with Crippen LogP contribution in [-0.2, 0) is 11.3 Å². The van der Waals surface area contributed by atoms with Gasteiger partial charge in [0.15, 0.2) is 11.6 Å². The Kier molecular flexibility index (Phi) is 8.26. The van der Waals surface area contributed by atoms with Gasteiger partial charge in [-0.05, 0) is 93.2 Å². The van der Waals surface area contributed by atoms with Crippen molar-refractivity contribution in [1.82, 2.24) is 4.90 Å². The lowest BCUT2D eigenvalue weighted by Gasteiger charge is -2.39. The van der Waals surface area contributed by atoms with Crippen LogP contribution in [0.1, 0.15) is 49.0 Å². The number of hydrogen-bond donors (Lipinski definition) is 1. The van der Waals surface area contributed by atoms with E-state index >= 15 is 0 Å². The largest absolute Gasteiger partial charge is 0.493 e. The van der Waals surface area contributed by atoms with Crippen LogP contribution in [0.15, 0.2) is 54.6 Å². The van der Waals surface area contributed by atoms with Crippen molar-refractivity contribution in [3.63, 3.8) is 0 Å². The minimum Gasteiger partial charge on any atom is -0.493 e. The molecule has 216 valence electrons. The molecule has 2 aliphatic rings. The number of rotatable bonds is 9. The third kappa shape index (κ3) is 5.91. The molecule has 2 heterocycles. The summed E-state index contributed by atoms with van der Waals surface area (Å²) < 4.78 is 40.7. The lowest BCUT2D eigenvalue weighted by molar-refractivity contribution is -0.118. The van der Waals surface area contributed by atoms with Crippen molar-refractivity contribution in [3.8, 4) is 22.6 Å². The van der Waals surface area contributed by atoms with Gasteiger partial charge in [-0.25, -0.2) is 13.6 Å². The normalized spacial score (nSPS) is 16.8. The first kappa shape index (κ1) is 28.5. The predicted molar refractivity (Wildman–Crippen MR) is 151 cm³/mol. The summed E-state index contributed by atoms with van der Waals surface area (Å²) in [5, 5.41) is 9.16. The minimum absolute atomic E-state index is 0.0596. The Hall–Kier alpha value is -3.98. The summed E-state index contributed by atoms with van der Waals surface area (Å²) in [5.74, 6) is -1.92. The van der Waals surface area contributed by atoms with E-state index in [1.165, 1.54) is 24.3 Å². The molecule has 41 heavy (non-hydrogen) atoms. The molecule has 1 N–H and O–H groups in total. The molecule has 1 spiro atoms. The standard InChI is InChI=1S/C32H34F2N2O5/c1-3-40-26-16-21(17-27(41-4-2)29(26)24-6-5-7-25(33)30(24)34)19-35-14-12-32(13-15-35)18-28(37)36(20-32)23-10-8-22(9-11-23)31(38)39/h5-11,16-17H,3-4,12-15,18-20H2,1-2H3,(H,38,39). The second-order valence-electron chi connectivity index (χ2n) is 10.7. The molecule has 3 aromatic rings. The second kappa shape index (κ2) is 11.9. The van der Waals surface area contributed by atoms with Gasteiger partial charge in [0.1, 0.15) is 11.5 Å². The first-order valence-corrected chi connectivity index (χ1v) is 14.0. The van der Waals surface area contributed by atoms with E-state index < -0.39 is 17.6 Å². The fourth-order valence-electron chi connectivity index (χ4n) is 5.93. The molecule has 0 radical (unpaired) electrons. The summed E-state index contributed by atoms with van der Waals surface area (Å²) in [6.45, 7) is 7.23. The lowest BCUT2D eigenvalue weighted by Crippen LogP contribution is -2.41. The van der Waals surface area contributed by atoms with Crippen LogP contribution in [0.5, 0.6) is 11.5 Å². The molecular weight excluding hydrogens is 530 g/mol. The second-order valence-corrected chi connectivity index (χ2v) is 10.7. The number of carbonyl (C=O) groups excluding carboxylic acids is 1. The van der Waals surface area contributed by atoms with Gasteiger partial charge in [-0.3, -0.25) is 9.69 Å². The topological polar surface area (TPSA) is 79.3 Å². The van der Waals surface area contributed by atoms with E-state index in [1.54, 1.807) is 17.0 Å². The Morgan fingerprint density at radius 1 is 0.976 bits per heavy atom. The maximum Gasteiger partial charge on any atom is 0.335 e. The number of piperidine rings is 1. The van der Waals surface area contributed by atoms with Crippen LogP contribution in [0.25, 0.3) is 11.1 Å². The highest BCUT2D eigenvalue weighted by atomic mass is 19.2. The predicted octanol–water partition coefficient (Wildman–Crippen LogP) is 6.15. The zero-order valence-electron chi connectivity index (χ0n) is 23.3. The number of hydrogen-bond acceptors (Lipinski definition) is 5. The minimum atomic E-state index is -0.995. The molecular formula is C32H34F2N2O5. The number of ether oxygens (including phenoxy) is 2. The number of carboxylic acids is 1. The van der Waals surface area contributed by atoms with Crippen molar-refractivity contribution in [2.45, 2.75) is 39.7 Å². The molecule has 7 nitrogen and oxygen atoms in total. The summed E-state index contributed by atoms with van der Waals surface area (Å²) >= 11 is 0. The molecule has 2 aliphatic heterocycles. The van der Waals surface area contributed by atoms with E-state index in [9.17, 15) is 18.4 Å². The fraction of sp³-hybridized carbons (Fsp3) is 0.375. The van der Waals surface area contributed by atoms with Crippen molar-refractivity contribution < 1.29 is 33.0 Å². The average molecular weight is 565 g/mol. The molecule has 9 heteroatoms. The number of carboxylic acid groups (broad SMARTS) is 1. The van der Waals surface area contributed by atoms with Gasteiger partial charge in [0.2, 0.25) is 5.91 Å². The fourth-order valence-corrected chi connectivity index (χ4v) is 5.93. The molecule has 0 aliphatic carbocycles. The molecule has 0 saturated carbocycles.